The zero-order valence-electron chi connectivity index (χ0n) is 13.3. The summed E-state index contributed by atoms with van der Waals surface area (Å²) in [6.45, 7) is 1.54. The molecule has 1 fully saturated rings. The van der Waals surface area contributed by atoms with Crippen LogP contribution in [0.2, 0.25) is 0 Å². The van der Waals surface area contributed by atoms with Crippen LogP contribution in [-0.2, 0) is 21.9 Å². The molecule has 3 rings (SSSR count). The van der Waals surface area contributed by atoms with Crippen molar-refractivity contribution in [1.82, 2.24) is 10.2 Å². The molecular formula is C17H20N2O3S2. The molecule has 0 spiro atoms. The number of hydrogen-bond acceptors (Lipinski definition) is 5. The second-order valence-corrected chi connectivity index (χ2v) is 7.62. The molecule has 2 aromatic heterocycles. The van der Waals surface area contributed by atoms with Gasteiger partial charge in [0.25, 0.3) is 0 Å². The molecule has 128 valence electrons. The third-order valence-electron chi connectivity index (χ3n) is 3.91. The Labute approximate surface area is 149 Å². The Balaban J connectivity index is 1.35. The molecule has 1 aliphatic rings. The van der Waals surface area contributed by atoms with E-state index in [2.05, 4.69) is 22.1 Å². The zero-order valence-corrected chi connectivity index (χ0v) is 14.9. The monoisotopic (exact) mass is 364 g/mol. The molecule has 0 bridgehead atoms. The van der Waals surface area contributed by atoms with E-state index in [1.165, 1.54) is 5.56 Å². The minimum absolute atomic E-state index is 0.0124. The highest BCUT2D eigenvalue weighted by molar-refractivity contribution is 7.98. The van der Waals surface area contributed by atoms with Crippen LogP contribution in [0.15, 0.2) is 39.6 Å². The highest BCUT2D eigenvalue weighted by Crippen LogP contribution is 2.20. The van der Waals surface area contributed by atoms with Gasteiger partial charge in [0.15, 0.2) is 0 Å². The SMILES string of the molecule is O=C(NCCSCc1ccsc1)[C@@H]1CC(=O)N(Cc2ccco2)C1. The van der Waals surface area contributed by atoms with Gasteiger partial charge in [-0.15, -0.1) is 0 Å². The first kappa shape index (κ1) is 17.1. The summed E-state index contributed by atoms with van der Waals surface area (Å²) in [5, 5.41) is 7.16. The minimum atomic E-state index is -0.255. The van der Waals surface area contributed by atoms with Gasteiger partial charge in [-0.3, -0.25) is 9.59 Å². The van der Waals surface area contributed by atoms with Gasteiger partial charge in [0.2, 0.25) is 11.8 Å². The number of likely N-dealkylation sites (tertiary alicyclic amines) is 1. The van der Waals surface area contributed by atoms with Crippen LogP contribution in [0.4, 0.5) is 0 Å². The molecule has 1 saturated heterocycles. The smallest absolute Gasteiger partial charge is 0.225 e. The van der Waals surface area contributed by atoms with E-state index in [1.54, 1.807) is 40.3 Å². The second kappa shape index (κ2) is 8.39. The number of nitrogens with zero attached hydrogens (tertiary/aromatic N) is 1. The van der Waals surface area contributed by atoms with Crippen LogP contribution in [0.25, 0.3) is 0 Å². The predicted octanol–water partition coefficient (Wildman–Crippen LogP) is 2.74. The second-order valence-electron chi connectivity index (χ2n) is 5.73. The number of hydrogen-bond donors (Lipinski definition) is 1. The molecule has 0 unspecified atom stereocenters. The van der Waals surface area contributed by atoms with Crippen LogP contribution in [0.5, 0.6) is 0 Å². The molecule has 0 aliphatic carbocycles. The maximum atomic E-state index is 12.2. The van der Waals surface area contributed by atoms with Crippen molar-refractivity contribution in [2.45, 2.75) is 18.7 Å². The van der Waals surface area contributed by atoms with E-state index in [9.17, 15) is 9.59 Å². The van der Waals surface area contributed by atoms with E-state index >= 15 is 0 Å². The molecule has 24 heavy (non-hydrogen) atoms. The van der Waals surface area contributed by atoms with Crippen molar-refractivity contribution in [2.24, 2.45) is 5.92 Å². The first-order chi connectivity index (χ1) is 11.7. The first-order valence-electron chi connectivity index (χ1n) is 7.89. The van der Waals surface area contributed by atoms with Crippen molar-refractivity contribution < 1.29 is 14.0 Å². The number of thioether (sulfide) groups is 1. The van der Waals surface area contributed by atoms with Gasteiger partial charge < -0.3 is 14.6 Å². The van der Waals surface area contributed by atoms with E-state index in [0.717, 1.165) is 17.3 Å². The lowest BCUT2D eigenvalue weighted by atomic mass is 10.1. The summed E-state index contributed by atoms with van der Waals surface area (Å²) in [5.41, 5.74) is 1.33. The molecule has 0 aromatic carbocycles. The van der Waals surface area contributed by atoms with E-state index in [4.69, 9.17) is 4.42 Å². The Morgan fingerprint density at radius 2 is 2.38 bits per heavy atom. The van der Waals surface area contributed by atoms with Crippen molar-refractivity contribution in [2.75, 3.05) is 18.8 Å². The van der Waals surface area contributed by atoms with Crippen LogP contribution in [-0.4, -0.2) is 35.6 Å². The van der Waals surface area contributed by atoms with Crippen LogP contribution in [0, 0.1) is 5.92 Å². The topological polar surface area (TPSA) is 62.6 Å². The molecule has 7 heteroatoms. The van der Waals surface area contributed by atoms with Gasteiger partial charge in [-0.25, -0.2) is 0 Å². The molecular weight excluding hydrogens is 344 g/mol. The number of carbonyl (C=O) groups excluding carboxylic acids is 2. The molecule has 1 N–H and O–H groups in total. The summed E-state index contributed by atoms with van der Waals surface area (Å²) < 4.78 is 5.27. The minimum Gasteiger partial charge on any atom is -0.467 e. The standard InChI is InChI=1S/C17H20N2O3S2/c20-16-8-14(9-19(16)10-15-2-1-5-22-15)17(21)18-4-7-24-12-13-3-6-23-11-13/h1-3,5-6,11,14H,4,7-10,12H2,(H,18,21)/t14-/m1/s1. The van der Waals surface area contributed by atoms with Gasteiger partial charge in [-0.2, -0.15) is 23.1 Å². The third-order valence-corrected chi connectivity index (χ3v) is 5.67. The Hall–Kier alpha value is -1.73. The summed E-state index contributed by atoms with van der Waals surface area (Å²) in [4.78, 5) is 25.9. The largest absolute Gasteiger partial charge is 0.467 e. The molecule has 1 aliphatic heterocycles. The molecule has 3 heterocycles. The van der Waals surface area contributed by atoms with Crippen LogP contribution < -0.4 is 5.32 Å². The normalized spacial score (nSPS) is 17.4. The fourth-order valence-corrected chi connectivity index (χ4v) is 4.23. The number of thiophene rings is 1. The number of amides is 2. The maximum absolute atomic E-state index is 12.2. The van der Waals surface area contributed by atoms with Crippen molar-refractivity contribution in [3.05, 3.63) is 46.5 Å². The Morgan fingerprint density at radius 1 is 1.46 bits per heavy atom. The third kappa shape index (κ3) is 4.64. The average Bonchev–Trinajstić information content (AvgIpc) is 3.31. The Kier molecular flexibility index (Phi) is 5.98. The summed E-state index contributed by atoms with van der Waals surface area (Å²) >= 11 is 3.50. The van der Waals surface area contributed by atoms with Gasteiger partial charge in [0.05, 0.1) is 18.7 Å². The van der Waals surface area contributed by atoms with Gasteiger partial charge in [-0.1, -0.05) is 0 Å². The quantitative estimate of drug-likeness (QED) is 0.732. The Bertz CT molecular complexity index is 655. The number of carbonyl (C=O) groups is 2. The van der Waals surface area contributed by atoms with E-state index in [0.29, 0.717) is 19.6 Å². The summed E-state index contributed by atoms with van der Waals surface area (Å²) in [7, 11) is 0. The van der Waals surface area contributed by atoms with Crippen molar-refractivity contribution in [3.8, 4) is 0 Å². The lowest BCUT2D eigenvalue weighted by Gasteiger charge is -2.15. The van der Waals surface area contributed by atoms with Crippen molar-refractivity contribution >= 4 is 34.9 Å². The van der Waals surface area contributed by atoms with Crippen molar-refractivity contribution in [3.63, 3.8) is 0 Å². The molecule has 0 radical (unpaired) electrons. The highest BCUT2D eigenvalue weighted by atomic mass is 32.2. The number of nitrogens with one attached hydrogen (secondary N) is 1. The summed E-state index contributed by atoms with van der Waals surface area (Å²) in [6, 6.07) is 5.76. The molecule has 1 atom stereocenters. The summed E-state index contributed by atoms with van der Waals surface area (Å²) in [5.74, 6) is 2.32. The number of furan rings is 1. The predicted molar refractivity (Wildman–Crippen MR) is 95.7 cm³/mol. The molecule has 2 amide bonds. The zero-order chi connectivity index (χ0) is 16.8. The van der Waals surface area contributed by atoms with Gasteiger partial charge in [0, 0.05) is 31.0 Å². The van der Waals surface area contributed by atoms with Crippen LogP contribution >= 0.6 is 23.1 Å². The lowest BCUT2D eigenvalue weighted by Crippen LogP contribution is -2.34. The first-order valence-corrected chi connectivity index (χ1v) is 9.99. The fraction of sp³-hybridized carbons (Fsp3) is 0.412. The van der Waals surface area contributed by atoms with Gasteiger partial charge in [-0.05, 0) is 34.5 Å². The lowest BCUT2D eigenvalue weighted by molar-refractivity contribution is -0.129. The van der Waals surface area contributed by atoms with E-state index in [1.807, 2.05) is 6.07 Å². The summed E-state index contributed by atoms with van der Waals surface area (Å²) in [6.07, 6.45) is 1.88. The molecule has 5 nitrogen and oxygen atoms in total. The van der Waals surface area contributed by atoms with E-state index < -0.39 is 0 Å². The average molecular weight is 364 g/mol. The fourth-order valence-electron chi connectivity index (χ4n) is 2.65. The van der Waals surface area contributed by atoms with Gasteiger partial charge >= 0.3 is 0 Å². The number of rotatable bonds is 8. The van der Waals surface area contributed by atoms with Crippen LogP contribution in [0.1, 0.15) is 17.7 Å². The van der Waals surface area contributed by atoms with E-state index in [-0.39, 0.29) is 24.2 Å². The van der Waals surface area contributed by atoms with Crippen LogP contribution in [0.3, 0.4) is 0 Å². The van der Waals surface area contributed by atoms with Gasteiger partial charge in [0.1, 0.15) is 5.76 Å². The Morgan fingerprint density at radius 3 is 3.12 bits per heavy atom. The van der Waals surface area contributed by atoms with Crippen molar-refractivity contribution in [1.29, 1.82) is 0 Å². The molecule has 2 aromatic rings. The highest BCUT2D eigenvalue weighted by Gasteiger charge is 2.34. The maximum Gasteiger partial charge on any atom is 0.225 e. The molecule has 0 saturated carbocycles.